The quantitative estimate of drug-likeness (QED) is 0.372. The number of H-pyrrole nitrogens is 1. The van der Waals surface area contributed by atoms with Crippen LogP contribution < -0.4 is 0 Å². The summed E-state index contributed by atoms with van der Waals surface area (Å²) in [5.74, 6) is 0. The summed E-state index contributed by atoms with van der Waals surface area (Å²) >= 11 is 3.40. The van der Waals surface area contributed by atoms with E-state index in [2.05, 4.69) is 61.0 Å². The van der Waals surface area contributed by atoms with E-state index in [1.807, 2.05) is 63.5 Å². The number of carbonyl (C=O) groups is 1. The Hall–Kier alpha value is -2.66. The van der Waals surface area contributed by atoms with Gasteiger partial charge in [0, 0.05) is 33.2 Å². The van der Waals surface area contributed by atoms with E-state index in [0.717, 1.165) is 9.99 Å². The number of fused-ring (bicyclic) bond motifs is 2. The zero-order chi connectivity index (χ0) is 19.7. The second-order valence-electron chi connectivity index (χ2n) is 6.73. The summed E-state index contributed by atoms with van der Waals surface area (Å²) < 4.78 is 5.67. The molecule has 4 rings (SSSR count). The van der Waals surface area contributed by atoms with E-state index >= 15 is 0 Å². The first kappa shape index (κ1) is 20.6. The van der Waals surface area contributed by atoms with Crippen molar-refractivity contribution < 1.29 is 9.53 Å². The molecule has 0 saturated heterocycles. The molecule has 0 spiro atoms. The van der Waals surface area contributed by atoms with Gasteiger partial charge in [-0.1, -0.05) is 40.2 Å². The minimum atomic E-state index is -0.318. The van der Waals surface area contributed by atoms with Gasteiger partial charge in [0.25, 0.3) is 6.47 Å². The first-order valence-electron chi connectivity index (χ1n) is 8.53. The largest absolute Gasteiger partial charge is 0.462 e. The molecule has 4 aromatic rings. The summed E-state index contributed by atoms with van der Waals surface area (Å²) in [6, 6.07) is 20.3. The van der Waals surface area contributed by atoms with Crippen LogP contribution in [0.1, 0.15) is 20.8 Å². The topological polar surface area (TPSA) is 55.0 Å². The molecule has 27 heavy (non-hydrogen) atoms. The zero-order valence-corrected chi connectivity index (χ0v) is 17.2. The Morgan fingerprint density at radius 3 is 2.41 bits per heavy atom. The predicted octanol–water partition coefficient (Wildman–Crippen LogP) is 6.12. The molecule has 0 aliphatic rings. The van der Waals surface area contributed by atoms with Crippen LogP contribution in [0.3, 0.4) is 0 Å². The molecule has 0 bridgehead atoms. The highest BCUT2D eigenvalue weighted by atomic mass is 79.9. The number of benzene rings is 2. The smallest absolute Gasteiger partial charge is 0.293 e. The SMILES string of the molecule is Brc1ccc2[nH]ccc2c1.CC(C)(C)OC=O.c1ccc2ncccc2c1. The van der Waals surface area contributed by atoms with Crippen LogP contribution in [0.4, 0.5) is 0 Å². The number of halogens is 1. The summed E-state index contributed by atoms with van der Waals surface area (Å²) in [5, 5.41) is 2.44. The van der Waals surface area contributed by atoms with Gasteiger partial charge in [-0.3, -0.25) is 9.78 Å². The normalized spacial score (nSPS) is 10.4. The Labute approximate surface area is 167 Å². The van der Waals surface area contributed by atoms with Gasteiger partial charge in [0.2, 0.25) is 0 Å². The van der Waals surface area contributed by atoms with Gasteiger partial charge in [-0.15, -0.1) is 0 Å². The van der Waals surface area contributed by atoms with E-state index in [4.69, 9.17) is 0 Å². The third-order valence-electron chi connectivity index (χ3n) is 3.43. The Morgan fingerprint density at radius 2 is 1.74 bits per heavy atom. The number of nitrogens with one attached hydrogen (secondary N) is 1. The van der Waals surface area contributed by atoms with Crippen LogP contribution in [-0.4, -0.2) is 22.0 Å². The number of ether oxygens (including phenoxy) is 1. The zero-order valence-electron chi connectivity index (χ0n) is 15.6. The lowest BCUT2D eigenvalue weighted by molar-refractivity contribution is -0.138. The van der Waals surface area contributed by atoms with Crippen molar-refractivity contribution in [3.8, 4) is 0 Å². The van der Waals surface area contributed by atoms with Crippen LogP contribution in [-0.2, 0) is 9.53 Å². The van der Waals surface area contributed by atoms with Crippen molar-refractivity contribution in [2.75, 3.05) is 0 Å². The highest BCUT2D eigenvalue weighted by Crippen LogP contribution is 2.17. The molecule has 0 aliphatic heterocycles. The molecule has 140 valence electrons. The molecular weight excluding hydrogens is 404 g/mol. The first-order valence-corrected chi connectivity index (χ1v) is 9.32. The summed E-state index contributed by atoms with van der Waals surface area (Å²) in [4.78, 5) is 16.9. The third-order valence-corrected chi connectivity index (χ3v) is 3.92. The second-order valence-corrected chi connectivity index (χ2v) is 7.65. The van der Waals surface area contributed by atoms with Crippen LogP contribution in [0.2, 0.25) is 0 Å². The molecule has 0 fully saturated rings. The van der Waals surface area contributed by atoms with Crippen molar-refractivity contribution in [3.63, 3.8) is 0 Å². The molecule has 0 radical (unpaired) electrons. The Bertz CT molecular complexity index is 925. The number of carbonyl (C=O) groups excluding carboxylic acids is 1. The Balaban J connectivity index is 0.000000149. The number of aromatic nitrogens is 2. The molecule has 0 unspecified atom stereocenters. The number of nitrogens with zero attached hydrogens (tertiary/aromatic N) is 1. The number of para-hydroxylation sites is 1. The van der Waals surface area contributed by atoms with Crippen molar-refractivity contribution >= 4 is 44.2 Å². The summed E-state index contributed by atoms with van der Waals surface area (Å²) in [7, 11) is 0. The van der Waals surface area contributed by atoms with Gasteiger partial charge in [0.1, 0.15) is 5.60 Å². The van der Waals surface area contributed by atoms with Gasteiger partial charge >= 0.3 is 0 Å². The number of hydrogen-bond donors (Lipinski definition) is 1. The molecule has 0 aliphatic carbocycles. The maximum atomic E-state index is 9.60. The van der Waals surface area contributed by atoms with E-state index in [-0.39, 0.29) is 5.60 Å². The average molecular weight is 427 g/mol. The maximum Gasteiger partial charge on any atom is 0.293 e. The molecule has 0 amide bonds. The van der Waals surface area contributed by atoms with E-state index in [1.165, 1.54) is 16.3 Å². The molecule has 2 heterocycles. The lowest BCUT2D eigenvalue weighted by atomic mass is 10.2. The van der Waals surface area contributed by atoms with Gasteiger partial charge in [-0.05, 0) is 57.2 Å². The number of pyridine rings is 1. The lowest BCUT2D eigenvalue weighted by Gasteiger charge is -2.14. The minimum Gasteiger partial charge on any atom is -0.462 e. The van der Waals surface area contributed by atoms with Crippen molar-refractivity contribution in [3.05, 3.63) is 77.5 Å². The van der Waals surface area contributed by atoms with Crippen molar-refractivity contribution in [1.82, 2.24) is 9.97 Å². The second kappa shape index (κ2) is 9.88. The molecule has 5 heteroatoms. The van der Waals surface area contributed by atoms with E-state index < -0.39 is 0 Å². The standard InChI is InChI=1S/C9H7N.C8H6BrN.C5H10O2/c1-2-6-9-8(4-1)5-3-7-10-9;9-7-1-2-8-6(5-7)3-4-10-8;1-5(2,3)7-4-6/h1-7H;1-5,10H;4H,1-3H3. The van der Waals surface area contributed by atoms with Gasteiger partial charge in [0.05, 0.1) is 5.52 Å². The van der Waals surface area contributed by atoms with Gasteiger partial charge < -0.3 is 9.72 Å². The van der Waals surface area contributed by atoms with Crippen LogP contribution in [0, 0.1) is 0 Å². The number of rotatable bonds is 1. The van der Waals surface area contributed by atoms with Gasteiger partial charge in [-0.25, -0.2) is 0 Å². The minimum absolute atomic E-state index is 0.318. The van der Waals surface area contributed by atoms with E-state index in [9.17, 15) is 4.79 Å². The van der Waals surface area contributed by atoms with Gasteiger partial charge in [0.15, 0.2) is 0 Å². The molecular formula is C22H23BrN2O2. The van der Waals surface area contributed by atoms with E-state index in [1.54, 1.807) is 0 Å². The van der Waals surface area contributed by atoms with Crippen LogP contribution in [0.15, 0.2) is 77.5 Å². The fourth-order valence-electron chi connectivity index (χ4n) is 2.18. The fourth-order valence-corrected chi connectivity index (χ4v) is 2.56. The summed E-state index contributed by atoms with van der Waals surface area (Å²) in [6.45, 7) is 5.92. The van der Waals surface area contributed by atoms with Gasteiger partial charge in [-0.2, -0.15) is 0 Å². The highest BCUT2D eigenvalue weighted by Gasteiger charge is 2.07. The molecule has 2 aromatic heterocycles. The predicted molar refractivity (Wildman–Crippen MR) is 115 cm³/mol. The number of hydrogen-bond acceptors (Lipinski definition) is 3. The van der Waals surface area contributed by atoms with Crippen LogP contribution in [0.25, 0.3) is 21.8 Å². The van der Waals surface area contributed by atoms with Crippen LogP contribution in [0.5, 0.6) is 0 Å². The molecule has 0 atom stereocenters. The molecule has 4 nitrogen and oxygen atoms in total. The maximum absolute atomic E-state index is 9.60. The monoisotopic (exact) mass is 426 g/mol. The molecule has 1 N–H and O–H groups in total. The highest BCUT2D eigenvalue weighted by molar-refractivity contribution is 9.10. The lowest BCUT2D eigenvalue weighted by Crippen LogP contribution is -2.17. The summed E-state index contributed by atoms with van der Waals surface area (Å²) in [5.41, 5.74) is 1.93. The average Bonchev–Trinajstić information content (AvgIpc) is 3.09. The fraction of sp³-hybridized carbons (Fsp3) is 0.182. The number of aromatic amines is 1. The molecule has 2 aromatic carbocycles. The van der Waals surface area contributed by atoms with Crippen molar-refractivity contribution in [1.29, 1.82) is 0 Å². The van der Waals surface area contributed by atoms with Crippen LogP contribution >= 0.6 is 15.9 Å². The molecule has 0 saturated carbocycles. The van der Waals surface area contributed by atoms with Crippen molar-refractivity contribution in [2.45, 2.75) is 26.4 Å². The Morgan fingerprint density at radius 1 is 1.00 bits per heavy atom. The first-order chi connectivity index (χ1) is 12.9. The Kier molecular flexibility index (Phi) is 7.55. The van der Waals surface area contributed by atoms with Crippen molar-refractivity contribution in [2.24, 2.45) is 0 Å². The third kappa shape index (κ3) is 7.23. The van der Waals surface area contributed by atoms with E-state index in [0.29, 0.717) is 6.47 Å². The summed E-state index contributed by atoms with van der Waals surface area (Å²) in [6.07, 6.45) is 3.75.